The Morgan fingerprint density at radius 1 is 1.44 bits per heavy atom. The van der Waals surface area contributed by atoms with E-state index in [0.717, 1.165) is 16.5 Å². The van der Waals surface area contributed by atoms with E-state index in [1.807, 2.05) is 29.9 Å². The van der Waals surface area contributed by atoms with Crippen LogP contribution in [0.2, 0.25) is 0 Å². The molecule has 3 rings (SSSR count). The molecule has 1 aromatic heterocycles. The standard InChI is InChI=1S/C13H14N2O/c1-8(16)10-5-6-12-11(7-10)13(9-3-4-9)14-15(12)2/h5-7,9H,3-4H2,1-2H3. The summed E-state index contributed by atoms with van der Waals surface area (Å²) in [5.41, 5.74) is 3.06. The summed E-state index contributed by atoms with van der Waals surface area (Å²) in [6.45, 7) is 1.61. The fraction of sp³-hybridized carbons (Fsp3) is 0.385. The van der Waals surface area contributed by atoms with Crippen molar-refractivity contribution in [3.05, 3.63) is 29.5 Å². The number of nitrogens with zero attached hydrogens (tertiary/aromatic N) is 2. The number of carbonyl (C=O) groups is 1. The lowest BCUT2D eigenvalue weighted by Crippen LogP contribution is -1.92. The summed E-state index contributed by atoms with van der Waals surface area (Å²) < 4.78 is 1.91. The van der Waals surface area contributed by atoms with Crippen LogP contribution in [-0.4, -0.2) is 15.6 Å². The van der Waals surface area contributed by atoms with E-state index in [9.17, 15) is 4.79 Å². The van der Waals surface area contributed by atoms with Gasteiger partial charge in [0.15, 0.2) is 5.78 Å². The molecule has 82 valence electrons. The lowest BCUT2D eigenvalue weighted by atomic mass is 10.1. The number of ketones is 1. The Kier molecular flexibility index (Phi) is 1.90. The molecule has 1 fully saturated rings. The first kappa shape index (κ1) is 9.58. The van der Waals surface area contributed by atoms with E-state index in [2.05, 4.69) is 5.10 Å². The summed E-state index contributed by atoms with van der Waals surface area (Å²) in [6, 6.07) is 5.85. The minimum atomic E-state index is 0.118. The summed E-state index contributed by atoms with van der Waals surface area (Å²) in [5, 5.41) is 5.71. The first-order valence-electron chi connectivity index (χ1n) is 5.64. The van der Waals surface area contributed by atoms with Crippen molar-refractivity contribution in [2.24, 2.45) is 7.05 Å². The molecule has 0 radical (unpaired) electrons. The van der Waals surface area contributed by atoms with Crippen molar-refractivity contribution >= 4 is 16.7 Å². The number of hydrogen-bond donors (Lipinski definition) is 0. The van der Waals surface area contributed by atoms with E-state index in [-0.39, 0.29) is 5.78 Å². The van der Waals surface area contributed by atoms with Crippen LogP contribution in [0.25, 0.3) is 10.9 Å². The van der Waals surface area contributed by atoms with Crippen molar-refractivity contribution in [3.63, 3.8) is 0 Å². The van der Waals surface area contributed by atoms with Crippen LogP contribution in [0, 0.1) is 0 Å². The molecule has 0 atom stereocenters. The highest BCUT2D eigenvalue weighted by Gasteiger charge is 2.28. The Labute approximate surface area is 94.1 Å². The van der Waals surface area contributed by atoms with Gasteiger partial charge in [0.2, 0.25) is 0 Å². The zero-order chi connectivity index (χ0) is 11.3. The fourth-order valence-corrected chi connectivity index (χ4v) is 2.17. The summed E-state index contributed by atoms with van der Waals surface area (Å²) in [6.07, 6.45) is 2.47. The molecule has 1 aromatic carbocycles. The zero-order valence-corrected chi connectivity index (χ0v) is 9.53. The van der Waals surface area contributed by atoms with Gasteiger partial charge in [-0.1, -0.05) is 0 Å². The van der Waals surface area contributed by atoms with Gasteiger partial charge >= 0.3 is 0 Å². The van der Waals surface area contributed by atoms with Crippen molar-refractivity contribution in [3.8, 4) is 0 Å². The lowest BCUT2D eigenvalue weighted by molar-refractivity contribution is 0.101. The third kappa shape index (κ3) is 1.35. The second-order valence-electron chi connectivity index (χ2n) is 4.57. The van der Waals surface area contributed by atoms with Crippen molar-refractivity contribution in [1.29, 1.82) is 0 Å². The highest BCUT2D eigenvalue weighted by Crippen LogP contribution is 2.42. The van der Waals surface area contributed by atoms with E-state index in [1.54, 1.807) is 6.92 Å². The molecule has 2 aromatic rings. The molecule has 0 saturated heterocycles. The van der Waals surface area contributed by atoms with Gasteiger partial charge in [-0.2, -0.15) is 5.10 Å². The van der Waals surface area contributed by atoms with Crippen LogP contribution in [0.3, 0.4) is 0 Å². The monoisotopic (exact) mass is 214 g/mol. The number of aryl methyl sites for hydroxylation is 1. The molecule has 3 heteroatoms. The second kappa shape index (κ2) is 3.17. The fourth-order valence-electron chi connectivity index (χ4n) is 2.17. The summed E-state index contributed by atoms with van der Waals surface area (Å²) in [5.74, 6) is 0.735. The minimum absolute atomic E-state index is 0.118. The predicted octanol–water partition coefficient (Wildman–Crippen LogP) is 2.65. The van der Waals surface area contributed by atoms with E-state index in [0.29, 0.717) is 5.92 Å². The number of rotatable bonds is 2. The largest absolute Gasteiger partial charge is 0.295 e. The molecular weight excluding hydrogens is 200 g/mol. The number of benzene rings is 1. The molecule has 1 saturated carbocycles. The van der Waals surface area contributed by atoms with Gasteiger partial charge in [0, 0.05) is 23.9 Å². The number of carbonyl (C=O) groups excluding carboxylic acids is 1. The van der Waals surface area contributed by atoms with Gasteiger partial charge in [-0.05, 0) is 38.0 Å². The quantitative estimate of drug-likeness (QED) is 0.720. The Balaban J connectivity index is 2.26. The topological polar surface area (TPSA) is 34.9 Å². The van der Waals surface area contributed by atoms with Crippen molar-refractivity contribution < 1.29 is 4.79 Å². The molecule has 0 aliphatic heterocycles. The van der Waals surface area contributed by atoms with Gasteiger partial charge < -0.3 is 0 Å². The van der Waals surface area contributed by atoms with Crippen LogP contribution in [0.15, 0.2) is 18.2 Å². The molecule has 1 aliphatic rings. The van der Waals surface area contributed by atoms with E-state index in [4.69, 9.17) is 0 Å². The maximum atomic E-state index is 11.4. The summed E-state index contributed by atoms with van der Waals surface area (Å²) in [7, 11) is 1.96. The Morgan fingerprint density at radius 2 is 2.19 bits per heavy atom. The first-order valence-corrected chi connectivity index (χ1v) is 5.64. The Bertz CT molecular complexity index is 579. The zero-order valence-electron chi connectivity index (χ0n) is 9.53. The first-order chi connectivity index (χ1) is 7.66. The molecule has 3 nitrogen and oxygen atoms in total. The lowest BCUT2D eigenvalue weighted by Gasteiger charge is -1.97. The van der Waals surface area contributed by atoms with Crippen molar-refractivity contribution in [2.45, 2.75) is 25.7 Å². The van der Waals surface area contributed by atoms with Crippen LogP contribution < -0.4 is 0 Å². The predicted molar refractivity (Wildman–Crippen MR) is 62.7 cm³/mol. The third-order valence-electron chi connectivity index (χ3n) is 3.25. The van der Waals surface area contributed by atoms with E-state index in [1.165, 1.54) is 18.5 Å². The van der Waals surface area contributed by atoms with Crippen LogP contribution in [-0.2, 0) is 7.05 Å². The maximum absolute atomic E-state index is 11.4. The number of hydrogen-bond acceptors (Lipinski definition) is 2. The van der Waals surface area contributed by atoms with E-state index >= 15 is 0 Å². The highest BCUT2D eigenvalue weighted by molar-refractivity contribution is 5.98. The Hall–Kier alpha value is -1.64. The second-order valence-corrected chi connectivity index (χ2v) is 4.57. The molecule has 0 bridgehead atoms. The van der Waals surface area contributed by atoms with Crippen LogP contribution in [0.1, 0.15) is 41.7 Å². The van der Waals surface area contributed by atoms with Gasteiger partial charge in [-0.15, -0.1) is 0 Å². The molecular formula is C13H14N2O. The van der Waals surface area contributed by atoms with Gasteiger partial charge in [-0.3, -0.25) is 9.48 Å². The normalized spacial score (nSPS) is 15.6. The molecule has 0 spiro atoms. The smallest absolute Gasteiger partial charge is 0.159 e. The number of Topliss-reactive ketones (excluding diaryl/α,β-unsaturated/α-hetero) is 1. The molecule has 0 amide bonds. The number of fused-ring (bicyclic) bond motifs is 1. The highest BCUT2D eigenvalue weighted by atomic mass is 16.1. The molecule has 0 N–H and O–H groups in total. The SMILES string of the molecule is CC(=O)c1ccc2c(c1)c(C1CC1)nn2C. The van der Waals surface area contributed by atoms with Gasteiger partial charge in [0.05, 0.1) is 11.2 Å². The average Bonchev–Trinajstić information content (AvgIpc) is 3.04. The van der Waals surface area contributed by atoms with Crippen molar-refractivity contribution in [1.82, 2.24) is 9.78 Å². The van der Waals surface area contributed by atoms with Crippen LogP contribution in [0.5, 0.6) is 0 Å². The van der Waals surface area contributed by atoms with E-state index < -0.39 is 0 Å². The van der Waals surface area contributed by atoms with Gasteiger partial charge in [-0.25, -0.2) is 0 Å². The number of aromatic nitrogens is 2. The molecule has 1 aliphatic carbocycles. The van der Waals surface area contributed by atoms with Crippen LogP contribution in [0.4, 0.5) is 0 Å². The summed E-state index contributed by atoms with van der Waals surface area (Å²) >= 11 is 0. The maximum Gasteiger partial charge on any atom is 0.159 e. The summed E-state index contributed by atoms with van der Waals surface area (Å²) in [4.78, 5) is 11.4. The third-order valence-corrected chi connectivity index (χ3v) is 3.25. The minimum Gasteiger partial charge on any atom is -0.295 e. The average molecular weight is 214 g/mol. The van der Waals surface area contributed by atoms with Gasteiger partial charge in [0.25, 0.3) is 0 Å². The Morgan fingerprint density at radius 3 is 2.81 bits per heavy atom. The molecule has 0 unspecified atom stereocenters. The molecule has 1 heterocycles. The molecule has 16 heavy (non-hydrogen) atoms. The van der Waals surface area contributed by atoms with Crippen molar-refractivity contribution in [2.75, 3.05) is 0 Å². The van der Waals surface area contributed by atoms with Crippen LogP contribution >= 0.6 is 0 Å². The van der Waals surface area contributed by atoms with Gasteiger partial charge in [0.1, 0.15) is 0 Å².